The molecule has 3 heterocycles. The Hall–Kier alpha value is -1.66. The molecule has 1 saturated heterocycles. The van der Waals surface area contributed by atoms with E-state index < -0.39 is 0 Å². The Morgan fingerprint density at radius 3 is 2.95 bits per heavy atom. The van der Waals surface area contributed by atoms with Crippen molar-refractivity contribution in [2.75, 3.05) is 31.9 Å². The zero-order valence-electron chi connectivity index (χ0n) is 12.0. The number of thiophene rings is 1. The van der Waals surface area contributed by atoms with E-state index in [2.05, 4.69) is 15.2 Å². The number of anilines is 1. The minimum atomic E-state index is -0.0903. The molecule has 0 aromatic carbocycles. The van der Waals surface area contributed by atoms with Crippen LogP contribution in [0, 0.1) is 0 Å². The second-order valence-electron chi connectivity index (χ2n) is 5.36. The predicted octanol–water partition coefficient (Wildman–Crippen LogP) is 2.09. The average molecular weight is 304 g/mol. The van der Waals surface area contributed by atoms with E-state index in [0.29, 0.717) is 17.1 Å². The van der Waals surface area contributed by atoms with E-state index >= 15 is 0 Å². The lowest BCUT2D eigenvalue weighted by atomic mass is 10.1. The maximum atomic E-state index is 12.2. The molecular weight excluding hydrogens is 284 g/mol. The summed E-state index contributed by atoms with van der Waals surface area (Å²) in [6, 6.07) is 3.74. The third kappa shape index (κ3) is 3.16. The van der Waals surface area contributed by atoms with Crippen LogP contribution >= 0.6 is 11.3 Å². The van der Waals surface area contributed by atoms with Crippen LogP contribution in [0.4, 0.5) is 5.69 Å². The number of carbonyl (C=O) groups is 1. The van der Waals surface area contributed by atoms with Crippen molar-refractivity contribution < 1.29 is 4.79 Å². The highest BCUT2D eigenvalue weighted by Crippen LogP contribution is 2.31. The number of pyridine rings is 1. The van der Waals surface area contributed by atoms with Crippen molar-refractivity contribution >= 4 is 33.1 Å². The molecule has 1 amide bonds. The molecule has 0 bridgehead atoms. The maximum absolute atomic E-state index is 12.2. The molecule has 2 aromatic heterocycles. The van der Waals surface area contributed by atoms with Crippen molar-refractivity contribution in [1.82, 2.24) is 15.2 Å². The number of nitrogen functional groups attached to an aromatic ring is 1. The first-order valence-electron chi connectivity index (χ1n) is 7.39. The quantitative estimate of drug-likeness (QED) is 0.907. The zero-order chi connectivity index (χ0) is 14.7. The Balaban J connectivity index is 1.60. The lowest BCUT2D eigenvalue weighted by Crippen LogP contribution is -2.37. The van der Waals surface area contributed by atoms with Gasteiger partial charge in [-0.1, -0.05) is 6.42 Å². The molecule has 0 spiro atoms. The van der Waals surface area contributed by atoms with Gasteiger partial charge in [-0.2, -0.15) is 0 Å². The molecule has 0 saturated carbocycles. The standard InChI is InChI=1S/C15H20N4OS/c16-12-11-5-4-6-18-15(11)21-13(12)14(20)17-7-10-19-8-2-1-3-9-19/h4-6H,1-3,7-10,16H2,(H,17,20). The number of fused-ring (bicyclic) bond motifs is 1. The summed E-state index contributed by atoms with van der Waals surface area (Å²) in [5, 5.41) is 3.83. The Labute approximate surface area is 128 Å². The van der Waals surface area contributed by atoms with Gasteiger partial charge >= 0.3 is 0 Å². The summed E-state index contributed by atoms with van der Waals surface area (Å²) in [7, 11) is 0. The number of amides is 1. The van der Waals surface area contributed by atoms with Gasteiger partial charge in [0.2, 0.25) is 0 Å². The number of nitrogens with zero attached hydrogens (tertiary/aromatic N) is 2. The number of likely N-dealkylation sites (tertiary alicyclic amines) is 1. The minimum absolute atomic E-state index is 0.0903. The number of hydrogen-bond acceptors (Lipinski definition) is 5. The van der Waals surface area contributed by atoms with Gasteiger partial charge in [-0.15, -0.1) is 11.3 Å². The predicted molar refractivity (Wildman–Crippen MR) is 86.7 cm³/mol. The van der Waals surface area contributed by atoms with E-state index in [9.17, 15) is 4.79 Å². The summed E-state index contributed by atoms with van der Waals surface area (Å²) in [5.74, 6) is -0.0903. The zero-order valence-corrected chi connectivity index (χ0v) is 12.8. The molecule has 0 unspecified atom stereocenters. The molecule has 0 atom stereocenters. The van der Waals surface area contributed by atoms with E-state index in [1.165, 1.54) is 30.6 Å². The summed E-state index contributed by atoms with van der Waals surface area (Å²) in [4.78, 5) is 20.3. The topological polar surface area (TPSA) is 71.2 Å². The fourth-order valence-electron chi connectivity index (χ4n) is 2.71. The van der Waals surface area contributed by atoms with Crippen molar-refractivity contribution in [3.8, 4) is 0 Å². The molecule has 21 heavy (non-hydrogen) atoms. The number of piperidine rings is 1. The summed E-state index contributed by atoms with van der Waals surface area (Å²) in [6.45, 7) is 3.87. The van der Waals surface area contributed by atoms with Crippen LogP contribution in [0.3, 0.4) is 0 Å². The summed E-state index contributed by atoms with van der Waals surface area (Å²) >= 11 is 1.36. The monoisotopic (exact) mass is 304 g/mol. The molecule has 1 fully saturated rings. The second kappa shape index (κ2) is 6.41. The number of carbonyl (C=O) groups excluding carboxylic acids is 1. The highest BCUT2D eigenvalue weighted by Gasteiger charge is 2.17. The Morgan fingerprint density at radius 2 is 2.19 bits per heavy atom. The third-order valence-corrected chi connectivity index (χ3v) is 5.00. The van der Waals surface area contributed by atoms with Crippen LogP contribution in [0.2, 0.25) is 0 Å². The van der Waals surface area contributed by atoms with Crippen molar-refractivity contribution in [3.05, 3.63) is 23.2 Å². The molecule has 6 heteroatoms. The third-order valence-electron chi connectivity index (χ3n) is 3.87. The minimum Gasteiger partial charge on any atom is -0.397 e. The lowest BCUT2D eigenvalue weighted by molar-refractivity contribution is 0.0951. The van der Waals surface area contributed by atoms with Crippen molar-refractivity contribution in [2.45, 2.75) is 19.3 Å². The van der Waals surface area contributed by atoms with Crippen molar-refractivity contribution in [1.29, 1.82) is 0 Å². The first kappa shape index (κ1) is 14.3. The summed E-state index contributed by atoms with van der Waals surface area (Å²) in [6.07, 6.45) is 5.58. The average Bonchev–Trinajstić information content (AvgIpc) is 2.86. The SMILES string of the molecule is Nc1c(C(=O)NCCN2CCCCC2)sc2ncccc12. The number of nitrogens with two attached hydrogens (primary N) is 1. The highest BCUT2D eigenvalue weighted by molar-refractivity contribution is 7.21. The van der Waals surface area contributed by atoms with Gasteiger partial charge in [0.15, 0.2) is 0 Å². The van der Waals surface area contributed by atoms with Gasteiger partial charge in [0.1, 0.15) is 9.71 Å². The van der Waals surface area contributed by atoms with Gasteiger partial charge in [0, 0.05) is 24.7 Å². The molecule has 1 aliphatic heterocycles. The van der Waals surface area contributed by atoms with Crippen LogP contribution < -0.4 is 11.1 Å². The first-order valence-corrected chi connectivity index (χ1v) is 8.21. The summed E-state index contributed by atoms with van der Waals surface area (Å²) < 4.78 is 0. The van der Waals surface area contributed by atoms with E-state index in [4.69, 9.17) is 5.73 Å². The van der Waals surface area contributed by atoms with Crippen LogP contribution in [0.5, 0.6) is 0 Å². The smallest absolute Gasteiger partial charge is 0.263 e. The Bertz CT molecular complexity index is 634. The van der Waals surface area contributed by atoms with Gasteiger partial charge in [-0.25, -0.2) is 4.98 Å². The second-order valence-corrected chi connectivity index (χ2v) is 6.36. The van der Waals surface area contributed by atoms with Gasteiger partial charge in [0.25, 0.3) is 5.91 Å². The van der Waals surface area contributed by atoms with Crippen molar-refractivity contribution in [2.24, 2.45) is 0 Å². The molecule has 3 rings (SSSR count). The molecule has 0 aliphatic carbocycles. The van der Waals surface area contributed by atoms with E-state index in [1.807, 2.05) is 12.1 Å². The molecule has 112 valence electrons. The van der Waals surface area contributed by atoms with Crippen molar-refractivity contribution in [3.63, 3.8) is 0 Å². The van der Waals surface area contributed by atoms with Crippen LogP contribution in [0.1, 0.15) is 28.9 Å². The molecular formula is C15H20N4OS. The maximum Gasteiger partial charge on any atom is 0.263 e. The van der Waals surface area contributed by atoms with Crippen LogP contribution in [-0.4, -0.2) is 42.0 Å². The molecule has 1 aliphatic rings. The number of aromatic nitrogens is 1. The molecule has 2 aromatic rings. The van der Waals surface area contributed by atoms with Crippen LogP contribution in [-0.2, 0) is 0 Å². The largest absolute Gasteiger partial charge is 0.397 e. The summed E-state index contributed by atoms with van der Waals surface area (Å²) in [5.41, 5.74) is 6.59. The first-order chi connectivity index (χ1) is 10.3. The fourth-order valence-corrected chi connectivity index (χ4v) is 3.69. The van der Waals surface area contributed by atoms with Gasteiger partial charge in [-0.3, -0.25) is 4.79 Å². The Kier molecular flexibility index (Phi) is 4.36. The molecule has 5 nitrogen and oxygen atoms in total. The van der Waals surface area contributed by atoms with E-state index in [0.717, 1.165) is 29.9 Å². The number of hydrogen-bond donors (Lipinski definition) is 2. The van der Waals surface area contributed by atoms with Gasteiger partial charge in [0.05, 0.1) is 5.69 Å². The Morgan fingerprint density at radius 1 is 1.38 bits per heavy atom. The number of nitrogens with one attached hydrogen (secondary N) is 1. The number of rotatable bonds is 4. The lowest BCUT2D eigenvalue weighted by Gasteiger charge is -2.26. The highest BCUT2D eigenvalue weighted by atomic mass is 32.1. The van der Waals surface area contributed by atoms with Gasteiger partial charge in [-0.05, 0) is 38.1 Å². The van der Waals surface area contributed by atoms with Crippen LogP contribution in [0.15, 0.2) is 18.3 Å². The van der Waals surface area contributed by atoms with E-state index in [-0.39, 0.29) is 5.91 Å². The van der Waals surface area contributed by atoms with Gasteiger partial charge < -0.3 is 16.0 Å². The molecule has 0 radical (unpaired) electrons. The normalized spacial score (nSPS) is 16.2. The van der Waals surface area contributed by atoms with E-state index in [1.54, 1.807) is 6.20 Å². The molecule has 3 N–H and O–H groups in total. The fraction of sp³-hybridized carbons (Fsp3) is 0.467. The van der Waals surface area contributed by atoms with Crippen LogP contribution in [0.25, 0.3) is 10.2 Å².